The quantitative estimate of drug-likeness (QED) is 0.668. The number of hydrogen-bond acceptors (Lipinski definition) is 5. The number of aromatic nitrogens is 2. The smallest absolute Gasteiger partial charge is 0.269 e. The van der Waals surface area contributed by atoms with Crippen LogP contribution in [0.3, 0.4) is 0 Å². The minimum Gasteiger partial charge on any atom is -0.305 e. The molecule has 1 aliphatic heterocycles. The van der Waals surface area contributed by atoms with E-state index in [-0.39, 0.29) is 11.6 Å². The number of aliphatic imine (C=N–C) groups is 1. The summed E-state index contributed by atoms with van der Waals surface area (Å²) in [6.07, 6.45) is 1.67. The summed E-state index contributed by atoms with van der Waals surface area (Å²) >= 11 is 0. The number of nitrogens with zero attached hydrogens (tertiary/aromatic N) is 3. The first-order chi connectivity index (χ1) is 10.4. The largest absolute Gasteiger partial charge is 0.305 e. The normalized spacial score (nSPS) is 14.6. The second kappa shape index (κ2) is 4.76. The lowest BCUT2D eigenvalue weighted by atomic mass is 10.0. The lowest BCUT2D eigenvalue weighted by molar-refractivity contribution is -0.384. The molecule has 1 aromatic heterocycles. The van der Waals surface area contributed by atoms with Crippen LogP contribution in [0.1, 0.15) is 35.5 Å². The summed E-state index contributed by atoms with van der Waals surface area (Å²) in [6.45, 7) is 3.88. The van der Waals surface area contributed by atoms with Crippen LogP contribution in [0.4, 0.5) is 11.5 Å². The molecule has 0 fully saturated rings. The summed E-state index contributed by atoms with van der Waals surface area (Å²) in [5, 5.41) is 20.3. The van der Waals surface area contributed by atoms with Gasteiger partial charge in [0.2, 0.25) is 0 Å². The molecule has 0 aliphatic carbocycles. The molecule has 0 unspecified atom stereocenters. The number of nitrogens with one attached hydrogen (secondary N) is 2. The molecule has 1 aromatic carbocycles. The number of amides is 1. The Bertz CT molecular complexity index is 789. The Kier molecular flexibility index (Phi) is 3.01. The molecule has 0 atom stereocenters. The molecule has 0 saturated carbocycles. The number of hydrogen-bond donors (Lipinski definition) is 2. The highest BCUT2D eigenvalue weighted by Crippen LogP contribution is 2.33. The molecule has 0 radical (unpaired) electrons. The van der Waals surface area contributed by atoms with E-state index in [1.54, 1.807) is 6.21 Å². The summed E-state index contributed by atoms with van der Waals surface area (Å²) in [5.41, 5.74) is 1.45. The van der Waals surface area contributed by atoms with Crippen molar-refractivity contribution in [3.8, 4) is 0 Å². The number of aromatic amines is 1. The van der Waals surface area contributed by atoms with Gasteiger partial charge in [0.1, 0.15) is 0 Å². The van der Waals surface area contributed by atoms with E-state index in [0.29, 0.717) is 11.4 Å². The van der Waals surface area contributed by atoms with Crippen LogP contribution in [-0.4, -0.2) is 27.2 Å². The van der Waals surface area contributed by atoms with E-state index >= 15 is 0 Å². The molecule has 3 rings (SSSR count). The zero-order valence-corrected chi connectivity index (χ0v) is 12.0. The molecule has 8 heteroatoms. The van der Waals surface area contributed by atoms with Crippen molar-refractivity contribution in [1.82, 2.24) is 10.2 Å². The van der Waals surface area contributed by atoms with Crippen LogP contribution in [-0.2, 0) is 5.54 Å². The van der Waals surface area contributed by atoms with E-state index in [9.17, 15) is 14.9 Å². The number of benzene rings is 1. The molecular formula is C14H13N5O3. The van der Waals surface area contributed by atoms with Crippen molar-refractivity contribution in [2.45, 2.75) is 19.4 Å². The van der Waals surface area contributed by atoms with Crippen LogP contribution in [0.2, 0.25) is 0 Å². The number of carbonyl (C=O) groups is 1. The van der Waals surface area contributed by atoms with Gasteiger partial charge in [0.25, 0.3) is 11.6 Å². The maximum absolute atomic E-state index is 12.2. The molecular weight excluding hydrogens is 286 g/mol. The van der Waals surface area contributed by atoms with Gasteiger partial charge in [-0.05, 0) is 26.0 Å². The van der Waals surface area contributed by atoms with Crippen molar-refractivity contribution in [1.29, 1.82) is 0 Å². The third-order valence-corrected chi connectivity index (χ3v) is 3.50. The lowest BCUT2D eigenvalue weighted by Gasteiger charge is -2.12. The van der Waals surface area contributed by atoms with Gasteiger partial charge < -0.3 is 5.32 Å². The van der Waals surface area contributed by atoms with Crippen molar-refractivity contribution in [2.24, 2.45) is 4.99 Å². The number of carbonyl (C=O) groups excluding carboxylic acids is 1. The maximum atomic E-state index is 12.2. The third-order valence-electron chi connectivity index (χ3n) is 3.50. The van der Waals surface area contributed by atoms with E-state index in [4.69, 9.17) is 0 Å². The minimum atomic E-state index is -0.513. The zero-order valence-electron chi connectivity index (χ0n) is 12.0. The highest BCUT2D eigenvalue weighted by atomic mass is 16.6. The monoisotopic (exact) mass is 299 g/mol. The van der Waals surface area contributed by atoms with Crippen molar-refractivity contribution < 1.29 is 9.72 Å². The number of nitro benzene ring substituents is 1. The summed E-state index contributed by atoms with van der Waals surface area (Å²) < 4.78 is 0. The molecule has 0 bridgehead atoms. The fourth-order valence-electron chi connectivity index (χ4n) is 2.24. The molecule has 1 aliphatic rings. The van der Waals surface area contributed by atoms with Crippen LogP contribution in [0.25, 0.3) is 0 Å². The second-order valence-electron chi connectivity index (χ2n) is 5.44. The molecule has 2 aromatic rings. The average Bonchev–Trinajstić information content (AvgIpc) is 3.01. The summed E-state index contributed by atoms with van der Waals surface area (Å²) in [6, 6.07) is 5.37. The fraction of sp³-hybridized carbons (Fsp3) is 0.214. The first-order valence-electron chi connectivity index (χ1n) is 6.58. The standard InChI is InChI=1S/C14H13N5O3/c1-14(2)11-10(7-15-14)12(18-17-11)16-13(20)8-3-5-9(6-4-8)19(21)22/h3-7H,1-2H3,(H2,16,17,18,20). The van der Waals surface area contributed by atoms with Gasteiger partial charge in [0.15, 0.2) is 5.82 Å². The van der Waals surface area contributed by atoms with E-state index in [2.05, 4.69) is 20.5 Å². The number of H-pyrrole nitrogens is 1. The third kappa shape index (κ3) is 2.24. The van der Waals surface area contributed by atoms with Gasteiger partial charge in [-0.1, -0.05) is 0 Å². The van der Waals surface area contributed by atoms with Crippen LogP contribution in [0.15, 0.2) is 29.3 Å². The second-order valence-corrected chi connectivity index (χ2v) is 5.44. The first-order valence-corrected chi connectivity index (χ1v) is 6.58. The van der Waals surface area contributed by atoms with Gasteiger partial charge in [-0.25, -0.2) is 0 Å². The van der Waals surface area contributed by atoms with Crippen LogP contribution < -0.4 is 5.32 Å². The minimum absolute atomic E-state index is 0.0638. The van der Waals surface area contributed by atoms with E-state index < -0.39 is 10.5 Å². The van der Waals surface area contributed by atoms with Gasteiger partial charge in [0.05, 0.1) is 21.7 Å². The predicted molar refractivity (Wildman–Crippen MR) is 80.3 cm³/mol. The van der Waals surface area contributed by atoms with Crippen LogP contribution in [0.5, 0.6) is 0 Å². The number of anilines is 1. The number of rotatable bonds is 3. The van der Waals surface area contributed by atoms with Gasteiger partial charge in [0, 0.05) is 23.9 Å². The maximum Gasteiger partial charge on any atom is 0.269 e. The van der Waals surface area contributed by atoms with Gasteiger partial charge >= 0.3 is 0 Å². The van der Waals surface area contributed by atoms with Gasteiger partial charge in [-0.15, -0.1) is 0 Å². The highest BCUT2D eigenvalue weighted by Gasteiger charge is 2.31. The highest BCUT2D eigenvalue weighted by molar-refractivity contribution is 6.06. The summed E-state index contributed by atoms with van der Waals surface area (Å²) in [4.78, 5) is 26.6. The van der Waals surface area contributed by atoms with Gasteiger partial charge in [-0.2, -0.15) is 5.10 Å². The Hall–Kier alpha value is -3.03. The Labute approximate surface area is 125 Å². The Morgan fingerprint density at radius 3 is 2.64 bits per heavy atom. The number of fused-ring (bicyclic) bond motifs is 1. The van der Waals surface area contributed by atoms with Crippen molar-refractivity contribution in [3.63, 3.8) is 0 Å². The molecule has 1 amide bonds. The molecule has 22 heavy (non-hydrogen) atoms. The van der Waals surface area contributed by atoms with E-state index in [1.807, 2.05) is 13.8 Å². The van der Waals surface area contributed by atoms with E-state index in [0.717, 1.165) is 11.3 Å². The Morgan fingerprint density at radius 1 is 1.32 bits per heavy atom. The predicted octanol–water partition coefficient (Wildman–Crippen LogP) is 2.24. The number of nitro groups is 1. The molecule has 0 saturated heterocycles. The topological polar surface area (TPSA) is 113 Å². The summed E-state index contributed by atoms with van der Waals surface area (Å²) in [7, 11) is 0. The van der Waals surface area contributed by atoms with Gasteiger partial charge in [-0.3, -0.25) is 25.0 Å². The molecule has 8 nitrogen and oxygen atoms in total. The Morgan fingerprint density at radius 2 is 2.00 bits per heavy atom. The Balaban J connectivity index is 1.81. The average molecular weight is 299 g/mol. The molecule has 2 heterocycles. The summed E-state index contributed by atoms with van der Waals surface area (Å²) in [5.74, 6) is 0.00924. The van der Waals surface area contributed by atoms with Crippen molar-refractivity contribution >= 4 is 23.6 Å². The van der Waals surface area contributed by atoms with Crippen LogP contribution >= 0.6 is 0 Å². The van der Waals surface area contributed by atoms with Crippen molar-refractivity contribution in [3.05, 3.63) is 51.2 Å². The zero-order chi connectivity index (χ0) is 15.9. The first kappa shape index (κ1) is 13.9. The molecule has 2 N–H and O–H groups in total. The SMILES string of the molecule is CC1(C)N=Cc2c(NC(=O)c3ccc([N+](=O)[O-])cc3)n[nH]c21. The number of non-ortho nitro benzene ring substituents is 1. The molecule has 112 valence electrons. The molecule has 0 spiro atoms. The fourth-order valence-corrected chi connectivity index (χ4v) is 2.24. The van der Waals surface area contributed by atoms with Crippen molar-refractivity contribution in [2.75, 3.05) is 5.32 Å². The lowest BCUT2D eigenvalue weighted by Crippen LogP contribution is -2.13. The van der Waals surface area contributed by atoms with Crippen LogP contribution in [0, 0.1) is 10.1 Å². The van der Waals surface area contributed by atoms with E-state index in [1.165, 1.54) is 24.3 Å².